The van der Waals surface area contributed by atoms with Crippen molar-refractivity contribution in [2.75, 3.05) is 18.4 Å². The molecule has 0 spiro atoms. The minimum Gasteiger partial charge on any atom is -0.330 e. The molecule has 3 aromatic rings. The van der Waals surface area contributed by atoms with Crippen LogP contribution >= 0.6 is 0 Å². The molecule has 1 atom stereocenters. The summed E-state index contributed by atoms with van der Waals surface area (Å²) >= 11 is 0. The van der Waals surface area contributed by atoms with E-state index in [1.807, 2.05) is 72.8 Å². The van der Waals surface area contributed by atoms with E-state index in [-0.39, 0.29) is 18.5 Å². The number of hydrogen-bond donors (Lipinski definition) is 3. The zero-order valence-electron chi connectivity index (χ0n) is 16.1. The quantitative estimate of drug-likeness (QED) is 0.550. The molecule has 0 aliphatic heterocycles. The molecule has 5 heteroatoms. The number of para-hydroxylation sites is 1. The van der Waals surface area contributed by atoms with Crippen molar-refractivity contribution >= 4 is 11.6 Å². The molecule has 0 radical (unpaired) electrons. The molecule has 0 fully saturated rings. The summed E-state index contributed by atoms with van der Waals surface area (Å²) < 4.78 is 0. The summed E-state index contributed by atoms with van der Waals surface area (Å²) in [6.07, 6.45) is 0.724. The van der Waals surface area contributed by atoms with Gasteiger partial charge in [-0.3, -0.25) is 4.79 Å². The highest BCUT2D eigenvalue weighted by molar-refractivity contribution is 5.92. The lowest BCUT2D eigenvalue weighted by atomic mass is 9.98. The monoisotopic (exact) mass is 384 g/mol. The standard InChI is InChI=1S/C24H24N4O/c25-14-13-23(27-17-24(29)28-22-7-2-1-3-8-22)20-11-9-19(10-12-20)21-6-4-5-18(15-21)16-26/h1-12,15,23,27H,13-14,17,25H2,(H,28,29). The molecule has 0 saturated carbocycles. The van der Waals surface area contributed by atoms with Gasteiger partial charge in [0.15, 0.2) is 0 Å². The predicted molar refractivity (Wildman–Crippen MR) is 116 cm³/mol. The van der Waals surface area contributed by atoms with Crippen LogP contribution in [0.4, 0.5) is 5.69 Å². The van der Waals surface area contributed by atoms with Crippen LogP contribution in [0.3, 0.4) is 0 Å². The lowest BCUT2D eigenvalue weighted by Gasteiger charge is -2.19. The van der Waals surface area contributed by atoms with Gasteiger partial charge in [-0.05, 0) is 53.9 Å². The van der Waals surface area contributed by atoms with E-state index in [4.69, 9.17) is 11.0 Å². The number of nitrogens with two attached hydrogens (primary N) is 1. The van der Waals surface area contributed by atoms with Crippen LogP contribution in [0.5, 0.6) is 0 Å². The molecule has 146 valence electrons. The number of nitriles is 1. The second kappa shape index (κ2) is 10.2. The number of benzene rings is 3. The van der Waals surface area contributed by atoms with Gasteiger partial charge in [-0.25, -0.2) is 0 Å². The first-order valence-electron chi connectivity index (χ1n) is 9.58. The van der Waals surface area contributed by atoms with Crippen molar-refractivity contribution in [2.45, 2.75) is 12.5 Å². The Labute approximate surface area is 171 Å². The molecule has 3 aromatic carbocycles. The minimum atomic E-state index is -0.0943. The minimum absolute atomic E-state index is 0.0129. The molecular formula is C24H24N4O. The number of nitrogens with zero attached hydrogens (tertiary/aromatic N) is 1. The Morgan fingerprint density at radius 2 is 1.72 bits per heavy atom. The third-order valence-electron chi connectivity index (χ3n) is 4.66. The number of nitrogens with one attached hydrogen (secondary N) is 2. The van der Waals surface area contributed by atoms with E-state index in [9.17, 15) is 4.79 Å². The van der Waals surface area contributed by atoms with Crippen LogP contribution in [0.25, 0.3) is 11.1 Å². The van der Waals surface area contributed by atoms with Crippen molar-refractivity contribution < 1.29 is 4.79 Å². The first-order chi connectivity index (χ1) is 14.2. The van der Waals surface area contributed by atoms with Crippen molar-refractivity contribution in [3.05, 3.63) is 90.0 Å². The molecule has 1 unspecified atom stereocenters. The van der Waals surface area contributed by atoms with Crippen LogP contribution in [0, 0.1) is 11.3 Å². The van der Waals surface area contributed by atoms with Crippen LogP contribution in [0.15, 0.2) is 78.9 Å². The van der Waals surface area contributed by atoms with Gasteiger partial charge in [-0.2, -0.15) is 5.26 Å². The summed E-state index contributed by atoms with van der Waals surface area (Å²) in [6, 6.07) is 27.2. The van der Waals surface area contributed by atoms with Crippen molar-refractivity contribution in [1.29, 1.82) is 5.26 Å². The van der Waals surface area contributed by atoms with Gasteiger partial charge in [0, 0.05) is 11.7 Å². The van der Waals surface area contributed by atoms with E-state index in [0.717, 1.165) is 28.8 Å². The molecule has 5 nitrogen and oxygen atoms in total. The average molecular weight is 384 g/mol. The third kappa shape index (κ3) is 5.76. The summed E-state index contributed by atoms with van der Waals surface area (Å²) in [5.41, 5.74) is 10.3. The molecule has 0 aliphatic carbocycles. The fourth-order valence-electron chi connectivity index (χ4n) is 3.17. The van der Waals surface area contributed by atoms with Crippen LogP contribution in [-0.4, -0.2) is 19.0 Å². The Bertz CT molecular complexity index is 978. The van der Waals surface area contributed by atoms with Gasteiger partial charge in [0.25, 0.3) is 0 Å². The normalized spacial score (nSPS) is 11.4. The van der Waals surface area contributed by atoms with Crippen molar-refractivity contribution in [2.24, 2.45) is 5.73 Å². The summed E-state index contributed by atoms with van der Waals surface area (Å²) in [7, 11) is 0. The Kier molecular flexibility index (Phi) is 7.12. The zero-order valence-corrected chi connectivity index (χ0v) is 16.1. The lowest BCUT2D eigenvalue weighted by Crippen LogP contribution is -2.32. The highest BCUT2D eigenvalue weighted by atomic mass is 16.1. The highest BCUT2D eigenvalue weighted by Gasteiger charge is 2.13. The lowest BCUT2D eigenvalue weighted by molar-refractivity contribution is -0.115. The molecule has 0 heterocycles. The topological polar surface area (TPSA) is 90.9 Å². The number of carbonyl (C=O) groups is 1. The Balaban J connectivity index is 1.65. The Morgan fingerprint density at radius 3 is 2.41 bits per heavy atom. The van der Waals surface area contributed by atoms with Gasteiger partial charge < -0.3 is 16.4 Å². The van der Waals surface area contributed by atoms with E-state index in [1.165, 1.54) is 0 Å². The fraction of sp³-hybridized carbons (Fsp3) is 0.167. The van der Waals surface area contributed by atoms with E-state index in [1.54, 1.807) is 6.07 Å². The van der Waals surface area contributed by atoms with E-state index >= 15 is 0 Å². The summed E-state index contributed by atoms with van der Waals surface area (Å²) in [6.45, 7) is 0.718. The predicted octanol–water partition coefficient (Wildman–Crippen LogP) is 3.84. The first-order valence-corrected chi connectivity index (χ1v) is 9.58. The second-order valence-corrected chi connectivity index (χ2v) is 6.74. The summed E-state index contributed by atoms with van der Waals surface area (Å²) in [4.78, 5) is 12.2. The van der Waals surface area contributed by atoms with Crippen molar-refractivity contribution in [3.8, 4) is 17.2 Å². The number of carbonyl (C=O) groups excluding carboxylic acids is 1. The fourth-order valence-corrected chi connectivity index (χ4v) is 3.17. The third-order valence-corrected chi connectivity index (χ3v) is 4.66. The maximum Gasteiger partial charge on any atom is 0.238 e. The number of rotatable bonds is 8. The van der Waals surface area contributed by atoms with Gasteiger partial charge in [-0.15, -0.1) is 0 Å². The molecule has 0 bridgehead atoms. The van der Waals surface area contributed by atoms with Gasteiger partial charge in [0.2, 0.25) is 5.91 Å². The molecule has 29 heavy (non-hydrogen) atoms. The molecule has 0 aliphatic rings. The molecule has 0 aromatic heterocycles. The van der Waals surface area contributed by atoms with Crippen LogP contribution in [0.1, 0.15) is 23.6 Å². The van der Waals surface area contributed by atoms with Crippen LogP contribution in [-0.2, 0) is 4.79 Å². The molecular weight excluding hydrogens is 360 g/mol. The SMILES string of the molecule is N#Cc1cccc(-c2ccc(C(CCN)NCC(=O)Nc3ccccc3)cc2)c1. The van der Waals surface area contributed by atoms with Gasteiger partial charge >= 0.3 is 0 Å². The van der Waals surface area contributed by atoms with E-state index in [2.05, 4.69) is 16.7 Å². The maximum absolute atomic E-state index is 12.2. The van der Waals surface area contributed by atoms with E-state index in [0.29, 0.717) is 12.1 Å². The molecule has 1 amide bonds. The summed E-state index contributed by atoms with van der Waals surface area (Å²) in [5.74, 6) is -0.0943. The first kappa shape index (κ1) is 20.3. The summed E-state index contributed by atoms with van der Waals surface area (Å²) in [5, 5.41) is 15.3. The van der Waals surface area contributed by atoms with Gasteiger partial charge in [0.05, 0.1) is 18.2 Å². The van der Waals surface area contributed by atoms with Gasteiger partial charge in [-0.1, -0.05) is 54.6 Å². The van der Waals surface area contributed by atoms with Crippen molar-refractivity contribution in [3.63, 3.8) is 0 Å². The number of hydrogen-bond acceptors (Lipinski definition) is 4. The van der Waals surface area contributed by atoms with Crippen LogP contribution in [0.2, 0.25) is 0 Å². The molecule has 4 N–H and O–H groups in total. The molecule has 3 rings (SSSR count). The van der Waals surface area contributed by atoms with E-state index < -0.39 is 0 Å². The number of amides is 1. The zero-order chi connectivity index (χ0) is 20.5. The average Bonchev–Trinajstić information content (AvgIpc) is 2.77. The van der Waals surface area contributed by atoms with Crippen molar-refractivity contribution in [1.82, 2.24) is 5.32 Å². The largest absolute Gasteiger partial charge is 0.330 e. The Morgan fingerprint density at radius 1 is 0.966 bits per heavy atom. The van der Waals surface area contributed by atoms with Crippen LogP contribution < -0.4 is 16.4 Å². The number of anilines is 1. The second-order valence-electron chi connectivity index (χ2n) is 6.74. The molecule has 0 saturated heterocycles. The maximum atomic E-state index is 12.2. The Hall–Kier alpha value is -3.46. The smallest absolute Gasteiger partial charge is 0.238 e. The highest BCUT2D eigenvalue weighted by Crippen LogP contribution is 2.24. The van der Waals surface area contributed by atoms with Gasteiger partial charge in [0.1, 0.15) is 0 Å².